The predicted molar refractivity (Wildman–Crippen MR) is 70.7 cm³/mol. The molecular weight excluding hydrogens is 257 g/mol. The van der Waals surface area contributed by atoms with Crippen molar-refractivity contribution in [1.82, 2.24) is 10.2 Å². The molecule has 0 saturated carbocycles. The Morgan fingerprint density at radius 1 is 1.12 bits per heavy atom. The van der Waals surface area contributed by atoms with E-state index >= 15 is 0 Å². The van der Waals surface area contributed by atoms with E-state index in [-0.39, 0.29) is 0 Å². The molecule has 17 heavy (non-hydrogen) atoms. The number of nitrogens with zero attached hydrogens (tertiary/aromatic N) is 2. The van der Waals surface area contributed by atoms with Crippen molar-refractivity contribution in [3.63, 3.8) is 0 Å². The zero-order valence-corrected chi connectivity index (χ0v) is 10.5. The lowest BCUT2D eigenvalue weighted by atomic mass is 10.1. The summed E-state index contributed by atoms with van der Waals surface area (Å²) in [4.78, 5) is 0. The summed E-state index contributed by atoms with van der Waals surface area (Å²) in [6, 6.07) is 7.35. The summed E-state index contributed by atoms with van der Waals surface area (Å²) in [7, 11) is 0. The number of benzene rings is 1. The normalized spacial score (nSPS) is 10.2. The minimum Gasteiger partial charge on any atom is -0.383 e. The Hall–Kier alpha value is -1.32. The van der Waals surface area contributed by atoms with Crippen molar-refractivity contribution in [2.24, 2.45) is 0 Å². The molecule has 0 atom stereocenters. The number of aromatic nitrogens is 2. The Morgan fingerprint density at radius 2 is 2.00 bits per heavy atom. The number of halogens is 2. The molecule has 0 aliphatic rings. The molecule has 0 radical (unpaired) electrons. The molecule has 2 aromatic rings. The van der Waals surface area contributed by atoms with Gasteiger partial charge in [0.15, 0.2) is 0 Å². The van der Waals surface area contributed by atoms with E-state index in [1.807, 2.05) is 18.2 Å². The molecule has 88 valence electrons. The van der Waals surface area contributed by atoms with E-state index < -0.39 is 0 Å². The van der Waals surface area contributed by atoms with Gasteiger partial charge in [0, 0.05) is 16.6 Å². The molecule has 0 fully saturated rings. The van der Waals surface area contributed by atoms with Crippen LogP contribution in [-0.4, -0.2) is 16.7 Å². The lowest BCUT2D eigenvalue weighted by Gasteiger charge is -2.07. The monoisotopic (exact) mass is 267 g/mol. The summed E-state index contributed by atoms with van der Waals surface area (Å²) in [5.74, 6) is 0. The number of hydrogen-bond acceptors (Lipinski definition) is 3. The fraction of sp³-hybridized carbons (Fsp3) is 0.167. The largest absolute Gasteiger partial charge is 0.383 e. The lowest BCUT2D eigenvalue weighted by Crippen LogP contribution is -2.05. The molecule has 1 N–H and O–H groups in total. The van der Waals surface area contributed by atoms with Gasteiger partial charge in [-0.1, -0.05) is 23.2 Å². The van der Waals surface area contributed by atoms with Gasteiger partial charge in [0.1, 0.15) is 0 Å². The molecule has 0 amide bonds. The molecule has 5 heteroatoms. The summed E-state index contributed by atoms with van der Waals surface area (Å²) < 4.78 is 0. The number of rotatable bonds is 4. The van der Waals surface area contributed by atoms with Gasteiger partial charge in [0.25, 0.3) is 0 Å². The van der Waals surface area contributed by atoms with Crippen molar-refractivity contribution in [2.75, 3.05) is 11.9 Å². The van der Waals surface area contributed by atoms with Crippen LogP contribution >= 0.6 is 23.2 Å². The first-order valence-electron chi connectivity index (χ1n) is 5.20. The number of hydrogen-bond donors (Lipinski definition) is 1. The van der Waals surface area contributed by atoms with Gasteiger partial charge in [-0.3, -0.25) is 0 Å². The Balaban J connectivity index is 1.92. The minimum atomic E-state index is 0.704. The van der Waals surface area contributed by atoms with E-state index in [0.29, 0.717) is 5.02 Å². The van der Waals surface area contributed by atoms with Crippen LogP contribution < -0.4 is 5.32 Å². The van der Waals surface area contributed by atoms with Gasteiger partial charge in [0.2, 0.25) is 0 Å². The van der Waals surface area contributed by atoms with Gasteiger partial charge in [0.05, 0.1) is 18.1 Å². The van der Waals surface area contributed by atoms with Crippen LogP contribution in [0.25, 0.3) is 0 Å². The maximum atomic E-state index is 6.07. The molecule has 0 saturated heterocycles. The number of anilines is 1. The summed E-state index contributed by atoms with van der Waals surface area (Å²) in [6.07, 6.45) is 4.13. The molecule has 1 aromatic heterocycles. The first kappa shape index (κ1) is 12.1. The van der Waals surface area contributed by atoms with Crippen molar-refractivity contribution in [3.8, 4) is 0 Å². The zero-order valence-electron chi connectivity index (χ0n) is 9.03. The minimum absolute atomic E-state index is 0.704. The highest BCUT2D eigenvalue weighted by molar-refractivity contribution is 6.33. The molecule has 0 unspecified atom stereocenters. The van der Waals surface area contributed by atoms with Gasteiger partial charge < -0.3 is 5.32 Å². The van der Waals surface area contributed by atoms with Crippen molar-refractivity contribution in [3.05, 3.63) is 52.3 Å². The van der Waals surface area contributed by atoms with Crippen LogP contribution in [0, 0.1) is 0 Å². The average Bonchev–Trinajstić information content (AvgIpc) is 2.35. The molecule has 3 nitrogen and oxygen atoms in total. The van der Waals surface area contributed by atoms with Crippen molar-refractivity contribution >= 4 is 28.9 Å². The quantitative estimate of drug-likeness (QED) is 0.923. The summed E-state index contributed by atoms with van der Waals surface area (Å²) in [5, 5.41) is 12.2. The van der Waals surface area contributed by atoms with Crippen LogP contribution in [-0.2, 0) is 6.42 Å². The standard InChI is InChI=1S/C12H11Cl2N3/c13-10-1-2-12(14)9(7-10)3-5-15-11-4-6-16-17-8-11/h1-2,4,6-8H,3,5H2,(H,15,16). The van der Waals surface area contributed by atoms with Gasteiger partial charge >= 0.3 is 0 Å². The van der Waals surface area contributed by atoms with E-state index in [2.05, 4.69) is 15.5 Å². The Kier molecular flexibility index (Phi) is 4.18. The van der Waals surface area contributed by atoms with Crippen molar-refractivity contribution in [1.29, 1.82) is 0 Å². The van der Waals surface area contributed by atoms with E-state index in [1.54, 1.807) is 18.5 Å². The fourth-order valence-electron chi connectivity index (χ4n) is 1.47. The highest BCUT2D eigenvalue weighted by Gasteiger charge is 2.01. The SMILES string of the molecule is Clc1ccc(Cl)c(CCNc2ccnnc2)c1. The second-order valence-electron chi connectivity index (χ2n) is 3.54. The van der Waals surface area contributed by atoms with Gasteiger partial charge in [-0.15, -0.1) is 0 Å². The maximum absolute atomic E-state index is 6.07. The lowest BCUT2D eigenvalue weighted by molar-refractivity contribution is 0.992. The molecule has 2 rings (SSSR count). The Bertz CT molecular complexity index is 488. The first-order valence-corrected chi connectivity index (χ1v) is 5.96. The molecule has 0 aliphatic carbocycles. The molecule has 0 bridgehead atoms. The van der Waals surface area contributed by atoms with E-state index in [1.165, 1.54) is 0 Å². The smallest absolute Gasteiger partial charge is 0.0727 e. The number of nitrogens with one attached hydrogen (secondary N) is 1. The first-order chi connectivity index (χ1) is 8.25. The third-order valence-electron chi connectivity index (χ3n) is 2.32. The van der Waals surface area contributed by atoms with Crippen LogP contribution in [0.4, 0.5) is 5.69 Å². The summed E-state index contributed by atoms with van der Waals surface area (Å²) in [5.41, 5.74) is 1.98. The third kappa shape index (κ3) is 3.58. The predicted octanol–water partition coefficient (Wildman–Crippen LogP) is 3.44. The average molecular weight is 268 g/mol. The van der Waals surface area contributed by atoms with Crippen LogP contribution in [0.1, 0.15) is 5.56 Å². The van der Waals surface area contributed by atoms with Crippen LogP contribution in [0.5, 0.6) is 0 Å². The molecule has 0 aliphatic heterocycles. The van der Waals surface area contributed by atoms with Crippen LogP contribution in [0.2, 0.25) is 10.0 Å². The molecule has 1 heterocycles. The van der Waals surface area contributed by atoms with Gasteiger partial charge in [-0.2, -0.15) is 10.2 Å². The second-order valence-corrected chi connectivity index (χ2v) is 4.39. The molecule has 0 spiro atoms. The van der Waals surface area contributed by atoms with E-state index in [4.69, 9.17) is 23.2 Å². The topological polar surface area (TPSA) is 37.8 Å². The van der Waals surface area contributed by atoms with Crippen molar-refractivity contribution in [2.45, 2.75) is 6.42 Å². The molecule has 1 aromatic carbocycles. The van der Waals surface area contributed by atoms with E-state index in [9.17, 15) is 0 Å². The van der Waals surface area contributed by atoms with Gasteiger partial charge in [-0.05, 0) is 36.2 Å². The Labute approximate surface area is 110 Å². The fourth-order valence-corrected chi connectivity index (χ4v) is 1.88. The summed E-state index contributed by atoms with van der Waals surface area (Å²) in [6.45, 7) is 0.770. The van der Waals surface area contributed by atoms with E-state index in [0.717, 1.165) is 29.2 Å². The highest BCUT2D eigenvalue weighted by atomic mass is 35.5. The third-order valence-corrected chi connectivity index (χ3v) is 2.92. The van der Waals surface area contributed by atoms with Gasteiger partial charge in [-0.25, -0.2) is 0 Å². The zero-order chi connectivity index (χ0) is 12.1. The Morgan fingerprint density at radius 3 is 2.76 bits per heavy atom. The molecular formula is C12H11Cl2N3. The summed E-state index contributed by atoms with van der Waals surface area (Å²) >= 11 is 12.0. The van der Waals surface area contributed by atoms with Crippen LogP contribution in [0.15, 0.2) is 36.7 Å². The highest BCUT2D eigenvalue weighted by Crippen LogP contribution is 2.21. The van der Waals surface area contributed by atoms with Crippen molar-refractivity contribution < 1.29 is 0 Å². The second kappa shape index (κ2) is 5.84. The van der Waals surface area contributed by atoms with Crippen LogP contribution in [0.3, 0.4) is 0 Å². The maximum Gasteiger partial charge on any atom is 0.0727 e.